The van der Waals surface area contributed by atoms with E-state index in [2.05, 4.69) is 34.3 Å². The minimum absolute atomic E-state index is 0.0332. The number of unbranched alkanes of at least 4 members (excludes halogenated alkanes) is 1. The van der Waals surface area contributed by atoms with Crippen LogP contribution in [0.4, 0.5) is 0 Å². The fourth-order valence-electron chi connectivity index (χ4n) is 3.89. The van der Waals surface area contributed by atoms with Crippen LogP contribution in [0.5, 0.6) is 0 Å². The van der Waals surface area contributed by atoms with Crippen molar-refractivity contribution in [1.82, 2.24) is 10.0 Å². The third-order valence-electron chi connectivity index (χ3n) is 5.55. The topological polar surface area (TPSA) is 58.2 Å². The molecule has 0 radical (unpaired) electrons. The summed E-state index contributed by atoms with van der Waals surface area (Å²) in [4.78, 5) is 0.352. The van der Waals surface area contributed by atoms with Crippen molar-refractivity contribution in [2.45, 2.75) is 68.8 Å². The van der Waals surface area contributed by atoms with Crippen LogP contribution in [0.3, 0.4) is 0 Å². The summed E-state index contributed by atoms with van der Waals surface area (Å²) in [6.07, 6.45) is 7.49. The molecule has 2 N–H and O–H groups in total. The van der Waals surface area contributed by atoms with Crippen molar-refractivity contribution < 1.29 is 8.42 Å². The lowest BCUT2D eigenvalue weighted by Crippen LogP contribution is -2.51. The number of aryl methyl sites for hydroxylation is 2. The molecule has 28 heavy (non-hydrogen) atoms. The van der Waals surface area contributed by atoms with E-state index in [9.17, 15) is 8.42 Å². The Balaban J connectivity index is 1.48. The van der Waals surface area contributed by atoms with Gasteiger partial charge in [0.2, 0.25) is 10.0 Å². The Hall–Kier alpha value is -1.69. The normalized spacial score (nSPS) is 20.2. The van der Waals surface area contributed by atoms with Crippen LogP contribution in [-0.2, 0) is 16.4 Å². The highest BCUT2D eigenvalue weighted by molar-refractivity contribution is 7.89. The molecule has 2 unspecified atom stereocenters. The van der Waals surface area contributed by atoms with Crippen molar-refractivity contribution in [2.75, 3.05) is 6.54 Å². The van der Waals surface area contributed by atoms with Crippen LogP contribution < -0.4 is 10.0 Å². The molecule has 1 aliphatic rings. The summed E-state index contributed by atoms with van der Waals surface area (Å²) in [5.74, 6) is 0. The first kappa shape index (κ1) is 21.0. The van der Waals surface area contributed by atoms with E-state index in [4.69, 9.17) is 0 Å². The Labute approximate surface area is 169 Å². The maximum absolute atomic E-state index is 12.8. The Morgan fingerprint density at radius 3 is 2.29 bits per heavy atom. The van der Waals surface area contributed by atoms with E-state index < -0.39 is 10.0 Å². The summed E-state index contributed by atoms with van der Waals surface area (Å²) < 4.78 is 28.5. The van der Waals surface area contributed by atoms with E-state index in [1.165, 1.54) is 5.56 Å². The maximum Gasteiger partial charge on any atom is 0.240 e. The van der Waals surface area contributed by atoms with E-state index in [-0.39, 0.29) is 12.1 Å². The predicted molar refractivity (Wildman–Crippen MR) is 115 cm³/mol. The van der Waals surface area contributed by atoms with Gasteiger partial charge in [-0.25, -0.2) is 13.1 Å². The van der Waals surface area contributed by atoms with E-state index in [0.717, 1.165) is 57.1 Å². The fraction of sp³-hybridized carbons (Fsp3) is 0.478. The zero-order valence-electron chi connectivity index (χ0n) is 16.7. The number of hydrogen-bond acceptors (Lipinski definition) is 3. The first-order chi connectivity index (χ1) is 13.5. The lowest BCUT2D eigenvalue weighted by molar-refractivity contribution is 0.309. The molecule has 2 atom stereocenters. The third-order valence-corrected chi connectivity index (χ3v) is 7.05. The molecule has 4 nitrogen and oxygen atoms in total. The number of rotatable bonds is 9. The van der Waals surface area contributed by atoms with Gasteiger partial charge < -0.3 is 5.32 Å². The van der Waals surface area contributed by atoms with Crippen molar-refractivity contribution in [2.24, 2.45) is 0 Å². The third kappa shape index (κ3) is 6.16. The molecule has 152 valence electrons. The molecule has 0 spiro atoms. The van der Waals surface area contributed by atoms with Crippen LogP contribution in [0.15, 0.2) is 59.5 Å². The lowest BCUT2D eigenvalue weighted by atomic mass is 9.91. The van der Waals surface area contributed by atoms with Crippen molar-refractivity contribution in [3.8, 4) is 0 Å². The first-order valence-electron chi connectivity index (χ1n) is 10.4. The summed E-state index contributed by atoms with van der Waals surface area (Å²) in [5, 5.41) is 3.61. The first-order valence-corrected chi connectivity index (χ1v) is 11.9. The molecule has 0 aromatic heterocycles. The minimum Gasteiger partial charge on any atom is -0.312 e. The standard InChI is InChI=1S/C23H32N2O2S/c1-19-14-16-21(17-15-19)28(26,27)25-23-13-6-5-12-22(23)24-18-8-7-11-20-9-3-2-4-10-20/h2-4,9-10,14-17,22-25H,5-8,11-13,18H2,1H3. The van der Waals surface area contributed by atoms with Gasteiger partial charge in [0.15, 0.2) is 0 Å². The molecule has 0 bridgehead atoms. The van der Waals surface area contributed by atoms with Gasteiger partial charge in [-0.05, 0) is 63.3 Å². The van der Waals surface area contributed by atoms with Gasteiger partial charge in [-0.15, -0.1) is 0 Å². The van der Waals surface area contributed by atoms with E-state index >= 15 is 0 Å². The molecule has 0 heterocycles. The average molecular weight is 401 g/mol. The summed E-state index contributed by atoms with van der Waals surface area (Å²) in [6.45, 7) is 2.89. The molecule has 1 saturated carbocycles. The highest BCUT2D eigenvalue weighted by atomic mass is 32.2. The molecule has 1 aliphatic carbocycles. The van der Waals surface area contributed by atoms with E-state index in [1.54, 1.807) is 12.1 Å². The maximum atomic E-state index is 12.8. The molecule has 0 aliphatic heterocycles. The Kier molecular flexibility index (Phi) is 7.65. The number of sulfonamides is 1. The van der Waals surface area contributed by atoms with Crippen molar-refractivity contribution >= 4 is 10.0 Å². The Bertz CT molecular complexity index is 819. The minimum atomic E-state index is -3.47. The van der Waals surface area contributed by atoms with Gasteiger partial charge >= 0.3 is 0 Å². The Morgan fingerprint density at radius 1 is 0.893 bits per heavy atom. The second-order valence-corrected chi connectivity index (χ2v) is 9.54. The Morgan fingerprint density at radius 2 is 1.57 bits per heavy atom. The highest BCUT2D eigenvalue weighted by Crippen LogP contribution is 2.21. The van der Waals surface area contributed by atoms with E-state index in [0.29, 0.717) is 4.90 Å². The number of benzene rings is 2. The zero-order valence-corrected chi connectivity index (χ0v) is 17.5. The van der Waals surface area contributed by atoms with Crippen LogP contribution in [0, 0.1) is 6.92 Å². The second-order valence-electron chi connectivity index (χ2n) is 7.83. The smallest absolute Gasteiger partial charge is 0.240 e. The van der Waals surface area contributed by atoms with Gasteiger partial charge in [-0.3, -0.25) is 0 Å². The van der Waals surface area contributed by atoms with Gasteiger partial charge in [0.25, 0.3) is 0 Å². The molecule has 5 heteroatoms. The predicted octanol–water partition coefficient (Wildman–Crippen LogP) is 4.20. The molecular weight excluding hydrogens is 368 g/mol. The molecule has 3 rings (SSSR count). The SMILES string of the molecule is Cc1ccc(S(=O)(=O)NC2CCCCC2NCCCCc2ccccc2)cc1. The van der Waals surface area contributed by atoms with Gasteiger partial charge in [-0.2, -0.15) is 0 Å². The van der Waals surface area contributed by atoms with Crippen molar-refractivity contribution in [1.29, 1.82) is 0 Å². The zero-order chi connectivity index (χ0) is 19.8. The van der Waals surface area contributed by atoms with Crippen molar-refractivity contribution in [3.63, 3.8) is 0 Å². The fourth-order valence-corrected chi connectivity index (χ4v) is 5.20. The van der Waals surface area contributed by atoms with Gasteiger partial charge in [0.05, 0.1) is 4.90 Å². The number of hydrogen-bond donors (Lipinski definition) is 2. The van der Waals surface area contributed by atoms with E-state index in [1.807, 2.05) is 25.1 Å². The van der Waals surface area contributed by atoms with Crippen LogP contribution in [0.1, 0.15) is 49.7 Å². The van der Waals surface area contributed by atoms with Gasteiger partial charge in [0, 0.05) is 12.1 Å². The van der Waals surface area contributed by atoms with Crippen LogP contribution in [0.25, 0.3) is 0 Å². The monoisotopic (exact) mass is 400 g/mol. The largest absolute Gasteiger partial charge is 0.312 e. The number of nitrogens with one attached hydrogen (secondary N) is 2. The molecule has 2 aromatic rings. The van der Waals surface area contributed by atoms with Crippen LogP contribution in [0.2, 0.25) is 0 Å². The lowest BCUT2D eigenvalue weighted by Gasteiger charge is -2.32. The average Bonchev–Trinajstić information content (AvgIpc) is 2.70. The van der Waals surface area contributed by atoms with Crippen LogP contribution >= 0.6 is 0 Å². The van der Waals surface area contributed by atoms with Crippen LogP contribution in [-0.4, -0.2) is 27.0 Å². The molecule has 1 fully saturated rings. The summed E-state index contributed by atoms with van der Waals surface area (Å²) >= 11 is 0. The molecule has 0 saturated heterocycles. The molecular formula is C23H32N2O2S. The molecule has 0 amide bonds. The van der Waals surface area contributed by atoms with Crippen molar-refractivity contribution in [3.05, 3.63) is 65.7 Å². The highest BCUT2D eigenvalue weighted by Gasteiger charge is 2.29. The summed E-state index contributed by atoms with van der Waals surface area (Å²) in [6, 6.07) is 17.8. The summed E-state index contributed by atoms with van der Waals surface area (Å²) in [5.41, 5.74) is 2.44. The quantitative estimate of drug-likeness (QED) is 0.620. The van der Waals surface area contributed by atoms with Gasteiger partial charge in [0.1, 0.15) is 0 Å². The second kappa shape index (κ2) is 10.2. The van der Waals surface area contributed by atoms with Gasteiger partial charge in [-0.1, -0.05) is 60.9 Å². The molecule has 2 aromatic carbocycles. The summed E-state index contributed by atoms with van der Waals surface area (Å²) in [7, 11) is -3.47.